The number of hydrogen-bond acceptors (Lipinski definition) is 5. The Balaban J connectivity index is 1.72. The number of pyridine rings is 1. The summed E-state index contributed by atoms with van der Waals surface area (Å²) in [7, 11) is 0. The van der Waals surface area contributed by atoms with Crippen molar-refractivity contribution in [1.29, 1.82) is 0 Å². The molecule has 0 spiro atoms. The first kappa shape index (κ1) is 10.4. The van der Waals surface area contributed by atoms with E-state index in [0.717, 1.165) is 25.0 Å². The van der Waals surface area contributed by atoms with Crippen LogP contribution in [0.4, 0.5) is 0 Å². The Morgan fingerprint density at radius 3 is 3.18 bits per heavy atom. The van der Waals surface area contributed by atoms with E-state index in [1.165, 1.54) is 0 Å². The van der Waals surface area contributed by atoms with Gasteiger partial charge in [0.05, 0.1) is 0 Å². The molecule has 0 bridgehead atoms. The lowest BCUT2D eigenvalue weighted by molar-refractivity contribution is 0.0835. The third-order valence-electron chi connectivity index (χ3n) is 2.77. The summed E-state index contributed by atoms with van der Waals surface area (Å²) in [6.45, 7) is 0.783. The minimum atomic E-state index is -0.00912. The molecule has 5 nitrogen and oxygen atoms in total. The van der Waals surface area contributed by atoms with Gasteiger partial charge >= 0.3 is 0 Å². The van der Waals surface area contributed by atoms with Gasteiger partial charge in [-0.15, -0.1) is 0 Å². The van der Waals surface area contributed by atoms with Crippen LogP contribution in [0.25, 0.3) is 0 Å². The second-order valence-corrected chi connectivity index (χ2v) is 4.09. The molecule has 2 aromatic rings. The molecule has 1 atom stereocenters. The van der Waals surface area contributed by atoms with Crippen molar-refractivity contribution >= 4 is 0 Å². The molecule has 1 aliphatic heterocycles. The molecule has 17 heavy (non-hydrogen) atoms. The first-order valence-corrected chi connectivity index (χ1v) is 5.75. The average Bonchev–Trinajstić information content (AvgIpc) is 3.00. The standard InChI is InChI=1S/C12H13N3O2/c1-3-9(8-13-5-1)7-11-14-12(17-15-11)10-4-2-6-16-10/h1,3,5,8,10H,2,4,6-7H2/t10-/m0/s1. The van der Waals surface area contributed by atoms with Gasteiger partial charge in [-0.2, -0.15) is 4.98 Å². The quantitative estimate of drug-likeness (QED) is 0.807. The zero-order chi connectivity index (χ0) is 11.5. The summed E-state index contributed by atoms with van der Waals surface area (Å²) in [5.74, 6) is 1.28. The molecule has 0 N–H and O–H groups in total. The van der Waals surface area contributed by atoms with Gasteiger partial charge in [0.15, 0.2) is 5.82 Å². The molecule has 1 saturated heterocycles. The summed E-state index contributed by atoms with van der Waals surface area (Å²) in [5.41, 5.74) is 1.08. The van der Waals surface area contributed by atoms with Gasteiger partial charge < -0.3 is 9.26 Å². The van der Waals surface area contributed by atoms with E-state index in [1.54, 1.807) is 6.20 Å². The van der Waals surface area contributed by atoms with Crippen molar-refractivity contribution in [2.45, 2.75) is 25.4 Å². The van der Waals surface area contributed by atoms with Gasteiger partial charge in [-0.05, 0) is 24.5 Å². The number of rotatable bonds is 3. The van der Waals surface area contributed by atoms with Crippen LogP contribution in [0.2, 0.25) is 0 Å². The fraction of sp³-hybridized carbons (Fsp3) is 0.417. The van der Waals surface area contributed by atoms with E-state index in [2.05, 4.69) is 15.1 Å². The molecule has 5 heteroatoms. The number of ether oxygens (including phenoxy) is 1. The van der Waals surface area contributed by atoms with Crippen LogP contribution in [0, 0.1) is 0 Å². The molecule has 1 aliphatic rings. The molecule has 3 heterocycles. The Labute approximate surface area is 98.8 Å². The average molecular weight is 231 g/mol. The Hall–Kier alpha value is -1.75. The van der Waals surface area contributed by atoms with E-state index in [0.29, 0.717) is 18.1 Å². The van der Waals surface area contributed by atoms with Crippen LogP contribution in [-0.4, -0.2) is 21.7 Å². The number of nitrogens with zero attached hydrogens (tertiary/aromatic N) is 3. The first-order valence-electron chi connectivity index (χ1n) is 5.75. The summed E-state index contributed by atoms with van der Waals surface area (Å²) in [4.78, 5) is 8.41. The maximum atomic E-state index is 5.49. The topological polar surface area (TPSA) is 61.0 Å². The van der Waals surface area contributed by atoms with E-state index >= 15 is 0 Å². The predicted octanol–water partition coefficient (Wildman–Crippen LogP) is 1.91. The van der Waals surface area contributed by atoms with E-state index < -0.39 is 0 Å². The van der Waals surface area contributed by atoms with Crippen molar-refractivity contribution in [3.63, 3.8) is 0 Å². The SMILES string of the molecule is c1cncc(Cc2noc([C@@H]3CCCO3)n2)c1. The second kappa shape index (κ2) is 4.63. The Bertz CT molecular complexity index is 478. The van der Waals surface area contributed by atoms with E-state index in [4.69, 9.17) is 9.26 Å². The van der Waals surface area contributed by atoms with Crippen LogP contribution in [0.5, 0.6) is 0 Å². The van der Waals surface area contributed by atoms with Gasteiger partial charge in [0.25, 0.3) is 5.89 Å². The highest BCUT2D eigenvalue weighted by Gasteiger charge is 2.23. The van der Waals surface area contributed by atoms with Crippen LogP contribution in [-0.2, 0) is 11.2 Å². The molecule has 0 saturated carbocycles. The third kappa shape index (κ3) is 2.34. The highest BCUT2D eigenvalue weighted by atomic mass is 16.5. The molecule has 0 aromatic carbocycles. The van der Waals surface area contributed by atoms with Gasteiger partial charge in [-0.3, -0.25) is 4.98 Å². The smallest absolute Gasteiger partial charge is 0.255 e. The monoisotopic (exact) mass is 231 g/mol. The zero-order valence-corrected chi connectivity index (χ0v) is 9.37. The van der Waals surface area contributed by atoms with Gasteiger partial charge in [0.1, 0.15) is 6.10 Å². The second-order valence-electron chi connectivity index (χ2n) is 4.09. The lowest BCUT2D eigenvalue weighted by atomic mass is 10.2. The Morgan fingerprint density at radius 2 is 2.41 bits per heavy atom. The maximum Gasteiger partial charge on any atom is 0.255 e. The molecule has 0 amide bonds. The Morgan fingerprint density at radius 1 is 1.41 bits per heavy atom. The summed E-state index contributed by atoms with van der Waals surface area (Å²) >= 11 is 0. The Kier molecular flexibility index (Phi) is 2.83. The van der Waals surface area contributed by atoms with Crippen molar-refractivity contribution in [2.75, 3.05) is 6.61 Å². The summed E-state index contributed by atoms with van der Waals surface area (Å²) in [5, 5.41) is 3.96. The largest absolute Gasteiger partial charge is 0.368 e. The van der Waals surface area contributed by atoms with Gasteiger partial charge in [0, 0.05) is 25.4 Å². The van der Waals surface area contributed by atoms with Crippen molar-refractivity contribution in [1.82, 2.24) is 15.1 Å². The molecule has 0 unspecified atom stereocenters. The summed E-state index contributed by atoms with van der Waals surface area (Å²) in [6, 6.07) is 3.89. The van der Waals surface area contributed by atoms with Crippen LogP contribution >= 0.6 is 0 Å². The highest BCUT2D eigenvalue weighted by molar-refractivity contribution is 5.13. The van der Waals surface area contributed by atoms with E-state index in [9.17, 15) is 0 Å². The molecular weight excluding hydrogens is 218 g/mol. The fourth-order valence-corrected chi connectivity index (χ4v) is 1.93. The molecule has 1 fully saturated rings. The van der Waals surface area contributed by atoms with E-state index in [-0.39, 0.29) is 6.10 Å². The van der Waals surface area contributed by atoms with Crippen LogP contribution < -0.4 is 0 Å². The third-order valence-corrected chi connectivity index (χ3v) is 2.77. The van der Waals surface area contributed by atoms with Gasteiger partial charge in [0.2, 0.25) is 0 Å². The number of hydrogen-bond donors (Lipinski definition) is 0. The van der Waals surface area contributed by atoms with Crippen molar-refractivity contribution < 1.29 is 9.26 Å². The minimum absolute atomic E-state index is 0.00912. The van der Waals surface area contributed by atoms with Crippen LogP contribution in [0.15, 0.2) is 29.0 Å². The summed E-state index contributed by atoms with van der Waals surface area (Å²) < 4.78 is 10.7. The predicted molar refractivity (Wildman–Crippen MR) is 59.3 cm³/mol. The molecule has 2 aromatic heterocycles. The van der Waals surface area contributed by atoms with Gasteiger partial charge in [-0.1, -0.05) is 11.2 Å². The van der Waals surface area contributed by atoms with Crippen LogP contribution in [0.1, 0.15) is 36.2 Å². The molecule has 0 radical (unpaired) electrons. The zero-order valence-electron chi connectivity index (χ0n) is 9.37. The number of aromatic nitrogens is 3. The first-order chi connectivity index (χ1) is 8.42. The van der Waals surface area contributed by atoms with Crippen molar-refractivity contribution in [3.05, 3.63) is 41.8 Å². The fourth-order valence-electron chi connectivity index (χ4n) is 1.93. The minimum Gasteiger partial charge on any atom is -0.368 e. The molecule has 88 valence electrons. The maximum absolute atomic E-state index is 5.49. The molecule has 0 aliphatic carbocycles. The lowest BCUT2D eigenvalue weighted by Gasteiger charge is -2.00. The lowest BCUT2D eigenvalue weighted by Crippen LogP contribution is -1.97. The highest BCUT2D eigenvalue weighted by Crippen LogP contribution is 2.27. The molecular formula is C12H13N3O2. The van der Waals surface area contributed by atoms with Crippen molar-refractivity contribution in [2.24, 2.45) is 0 Å². The molecule has 3 rings (SSSR count). The summed E-state index contributed by atoms with van der Waals surface area (Å²) in [6.07, 6.45) is 6.22. The normalized spacial score (nSPS) is 19.6. The van der Waals surface area contributed by atoms with Gasteiger partial charge in [-0.25, -0.2) is 0 Å². The van der Waals surface area contributed by atoms with Crippen LogP contribution in [0.3, 0.4) is 0 Å². The van der Waals surface area contributed by atoms with E-state index in [1.807, 2.05) is 18.3 Å². The van der Waals surface area contributed by atoms with Crippen molar-refractivity contribution in [3.8, 4) is 0 Å².